The molecule has 3 aliphatic heterocycles. The van der Waals surface area contributed by atoms with E-state index in [0.717, 1.165) is 16.7 Å². The molecule has 0 aliphatic carbocycles. The van der Waals surface area contributed by atoms with Crippen LogP contribution in [0.25, 0.3) is 0 Å². The summed E-state index contributed by atoms with van der Waals surface area (Å²) >= 11 is 0. The van der Waals surface area contributed by atoms with Crippen molar-refractivity contribution in [3.05, 3.63) is 144 Å². The van der Waals surface area contributed by atoms with Gasteiger partial charge in [0.2, 0.25) is 0 Å². The molecule has 0 unspecified atom stereocenters. The molecule has 0 fully saturated rings. The first-order valence-electron chi connectivity index (χ1n) is 15.4. The third kappa shape index (κ3) is 3.35. The van der Waals surface area contributed by atoms with Crippen LogP contribution in [0, 0.1) is 20.8 Å². The zero-order chi connectivity index (χ0) is 31.6. The standard InChI is InChI=1S/C39H30NO3P3/c1-25-19-31-37-32(20-25)45(42,29-15-9-5-10-16-29)34-22-27(3)24-36-39(34)40(37)38-33(44(31,41)28-13-7-4-8-14-28)21-26(2)23-35(38)46(36,43)30-17-11-6-12-18-30/h4-24H,1-3H3. The first-order chi connectivity index (χ1) is 22.2. The highest BCUT2D eigenvalue weighted by molar-refractivity contribution is 7.89. The molecule has 0 spiro atoms. The maximum absolute atomic E-state index is 16.2. The van der Waals surface area contributed by atoms with Gasteiger partial charge in [0.05, 0.1) is 17.1 Å². The van der Waals surface area contributed by atoms with Gasteiger partial charge in [-0.25, -0.2) is 0 Å². The third-order valence-electron chi connectivity index (χ3n) is 9.71. The highest BCUT2D eigenvalue weighted by Crippen LogP contribution is 2.65. The first kappa shape index (κ1) is 28.1. The lowest BCUT2D eigenvalue weighted by atomic mass is 10.1. The minimum atomic E-state index is -3.54. The molecule has 0 saturated carbocycles. The molecule has 9 rings (SSSR count). The van der Waals surface area contributed by atoms with E-state index in [0.29, 0.717) is 64.8 Å². The smallest absolute Gasteiger partial charge is 0.175 e. The van der Waals surface area contributed by atoms with Gasteiger partial charge in [-0.05, 0) is 73.9 Å². The quantitative estimate of drug-likeness (QED) is 0.222. The Morgan fingerprint density at radius 3 is 0.804 bits per heavy atom. The molecule has 7 heteroatoms. The number of hydrogen-bond acceptors (Lipinski definition) is 4. The molecule has 6 aromatic rings. The van der Waals surface area contributed by atoms with E-state index in [9.17, 15) is 0 Å². The van der Waals surface area contributed by atoms with E-state index in [1.165, 1.54) is 0 Å². The highest BCUT2D eigenvalue weighted by atomic mass is 31.2. The first-order valence-corrected chi connectivity index (χ1v) is 20.5. The summed E-state index contributed by atoms with van der Waals surface area (Å²) in [6, 6.07) is 41.1. The number of anilines is 3. The van der Waals surface area contributed by atoms with Gasteiger partial charge in [-0.3, -0.25) is 0 Å². The van der Waals surface area contributed by atoms with Crippen molar-refractivity contribution in [2.75, 3.05) is 4.90 Å². The predicted octanol–water partition coefficient (Wildman–Crippen LogP) is 5.94. The van der Waals surface area contributed by atoms with Crippen LogP contribution in [-0.2, 0) is 13.7 Å². The average Bonchev–Trinajstić information content (AvgIpc) is 3.08. The van der Waals surface area contributed by atoms with Crippen LogP contribution >= 0.6 is 21.4 Å². The SMILES string of the molecule is Cc1cc2c3c(c1)P(=O)(c1ccccc1)c1cc(C)cc4c1N3c1c(cc(C)cc1P4(=O)c1ccccc1)P2(=O)c1ccccc1. The van der Waals surface area contributed by atoms with E-state index >= 15 is 13.7 Å². The van der Waals surface area contributed by atoms with Crippen molar-refractivity contribution in [2.24, 2.45) is 0 Å². The summed E-state index contributed by atoms with van der Waals surface area (Å²) in [5, 5.41) is 6.22. The Kier molecular flexibility index (Phi) is 5.75. The van der Waals surface area contributed by atoms with E-state index in [1.807, 2.05) is 148 Å². The van der Waals surface area contributed by atoms with Gasteiger partial charge in [0.25, 0.3) is 0 Å². The van der Waals surface area contributed by atoms with Gasteiger partial charge in [0.15, 0.2) is 21.4 Å². The van der Waals surface area contributed by atoms with Crippen molar-refractivity contribution in [1.29, 1.82) is 0 Å². The molecular formula is C39H30NO3P3. The van der Waals surface area contributed by atoms with Crippen molar-refractivity contribution in [1.82, 2.24) is 0 Å². The molecule has 46 heavy (non-hydrogen) atoms. The fourth-order valence-corrected chi connectivity index (χ4v) is 17.7. The second kappa shape index (κ2) is 9.43. The van der Waals surface area contributed by atoms with Gasteiger partial charge in [0.1, 0.15) is 0 Å². The summed E-state index contributed by atoms with van der Waals surface area (Å²) in [6.45, 7) is 5.99. The average molecular weight is 654 g/mol. The topological polar surface area (TPSA) is 54.5 Å². The van der Waals surface area contributed by atoms with Gasteiger partial charge in [-0.1, -0.05) is 91.0 Å². The predicted molar refractivity (Wildman–Crippen MR) is 194 cm³/mol. The summed E-state index contributed by atoms with van der Waals surface area (Å²) in [6.07, 6.45) is 0. The Hall–Kier alpha value is -4.19. The van der Waals surface area contributed by atoms with E-state index in [4.69, 9.17) is 0 Å². The van der Waals surface area contributed by atoms with Gasteiger partial charge in [-0.15, -0.1) is 0 Å². The Balaban J connectivity index is 1.57. The number of aryl methyl sites for hydroxylation is 3. The van der Waals surface area contributed by atoms with Crippen LogP contribution in [0.3, 0.4) is 0 Å². The number of benzene rings is 6. The summed E-state index contributed by atoms with van der Waals surface area (Å²) in [4.78, 5) is 2.18. The van der Waals surface area contributed by atoms with Crippen LogP contribution in [0.1, 0.15) is 16.7 Å². The highest BCUT2D eigenvalue weighted by Gasteiger charge is 2.56. The zero-order valence-electron chi connectivity index (χ0n) is 25.6. The minimum Gasteiger partial charge on any atom is -0.308 e. The van der Waals surface area contributed by atoms with E-state index in [1.54, 1.807) is 0 Å². The largest absolute Gasteiger partial charge is 0.308 e. The molecule has 0 N–H and O–H groups in total. The minimum absolute atomic E-state index is 0.683. The summed E-state index contributed by atoms with van der Waals surface area (Å²) < 4.78 is 48.7. The Labute approximate surface area is 268 Å². The van der Waals surface area contributed by atoms with E-state index in [-0.39, 0.29) is 0 Å². The second-order valence-electron chi connectivity index (χ2n) is 12.6. The molecule has 224 valence electrons. The summed E-state index contributed by atoms with van der Waals surface area (Å²) in [7, 11) is -10.6. The lowest BCUT2D eigenvalue weighted by molar-refractivity contribution is 0.592. The molecule has 0 atom stereocenters. The van der Waals surface area contributed by atoms with Crippen LogP contribution in [0.15, 0.2) is 127 Å². The fraction of sp³-hybridized carbons (Fsp3) is 0.0769. The second-order valence-corrected chi connectivity index (χ2v) is 20.7. The van der Waals surface area contributed by atoms with Crippen molar-refractivity contribution in [2.45, 2.75) is 20.8 Å². The normalized spacial score (nSPS) is 23.2. The van der Waals surface area contributed by atoms with E-state index in [2.05, 4.69) is 4.90 Å². The lowest BCUT2D eigenvalue weighted by Crippen LogP contribution is -2.53. The fourth-order valence-electron chi connectivity index (χ4n) is 7.82. The number of hydrogen-bond donors (Lipinski definition) is 0. The van der Waals surface area contributed by atoms with Crippen LogP contribution in [-0.4, -0.2) is 0 Å². The van der Waals surface area contributed by atoms with Crippen LogP contribution in [0.2, 0.25) is 0 Å². The van der Waals surface area contributed by atoms with Crippen molar-refractivity contribution < 1.29 is 13.7 Å². The van der Waals surface area contributed by atoms with Gasteiger partial charge < -0.3 is 18.6 Å². The van der Waals surface area contributed by atoms with Gasteiger partial charge in [-0.2, -0.15) is 0 Å². The van der Waals surface area contributed by atoms with Crippen LogP contribution in [0.5, 0.6) is 0 Å². The molecule has 0 radical (unpaired) electrons. The molecule has 0 bridgehead atoms. The molecular weight excluding hydrogens is 623 g/mol. The van der Waals surface area contributed by atoms with Crippen LogP contribution in [0.4, 0.5) is 17.1 Å². The van der Waals surface area contributed by atoms with E-state index < -0.39 is 21.4 Å². The lowest BCUT2D eigenvalue weighted by Gasteiger charge is -2.49. The van der Waals surface area contributed by atoms with Gasteiger partial charge in [0, 0.05) is 47.7 Å². The van der Waals surface area contributed by atoms with Crippen molar-refractivity contribution in [3.63, 3.8) is 0 Å². The van der Waals surface area contributed by atoms with Crippen molar-refractivity contribution >= 4 is 86.2 Å². The molecule has 0 amide bonds. The Morgan fingerprint density at radius 2 is 0.587 bits per heavy atom. The van der Waals surface area contributed by atoms with Crippen molar-refractivity contribution in [3.8, 4) is 0 Å². The number of nitrogens with zero attached hydrogens (tertiary/aromatic N) is 1. The molecule has 3 heterocycles. The Bertz CT molecular complexity index is 2080. The molecule has 3 aliphatic rings. The molecule has 0 saturated heterocycles. The third-order valence-corrected chi connectivity index (χ3v) is 18.9. The van der Waals surface area contributed by atoms with Gasteiger partial charge >= 0.3 is 0 Å². The summed E-state index contributed by atoms with van der Waals surface area (Å²) in [5.74, 6) is 0. The number of rotatable bonds is 3. The maximum atomic E-state index is 16.2. The maximum Gasteiger partial charge on any atom is 0.175 e. The van der Waals surface area contributed by atoms with Crippen LogP contribution < -0.4 is 52.6 Å². The summed E-state index contributed by atoms with van der Waals surface area (Å²) in [5.41, 5.74) is 4.83. The Morgan fingerprint density at radius 1 is 0.370 bits per heavy atom. The zero-order valence-corrected chi connectivity index (χ0v) is 28.3. The molecule has 4 nitrogen and oxygen atoms in total. The molecule has 0 aromatic heterocycles. The monoisotopic (exact) mass is 653 g/mol. The molecule has 6 aromatic carbocycles.